The smallest absolute Gasteiger partial charge is 0.258 e. The maximum Gasteiger partial charge on any atom is 0.258 e. The molecule has 2 N–H and O–H groups in total. The van der Waals surface area contributed by atoms with Crippen molar-refractivity contribution in [1.82, 2.24) is 15.2 Å². The quantitative estimate of drug-likeness (QED) is 0.686. The highest BCUT2D eigenvalue weighted by atomic mass is 35.5. The van der Waals surface area contributed by atoms with Gasteiger partial charge in [0.05, 0.1) is 0 Å². The Kier molecular flexibility index (Phi) is 4.95. The highest BCUT2D eigenvalue weighted by Crippen LogP contribution is 2.24. The number of H-pyrrole nitrogens is 1. The Labute approximate surface area is 142 Å². The normalized spacial score (nSPS) is 10.5. The van der Waals surface area contributed by atoms with Gasteiger partial charge in [-0.25, -0.2) is 5.10 Å². The average molecular weight is 345 g/mol. The van der Waals surface area contributed by atoms with E-state index in [1.807, 2.05) is 36.4 Å². The van der Waals surface area contributed by atoms with Crippen LogP contribution in [0.3, 0.4) is 0 Å². The van der Waals surface area contributed by atoms with E-state index in [-0.39, 0.29) is 5.91 Å². The topological polar surface area (TPSA) is 70.7 Å². The first-order chi connectivity index (χ1) is 11.2. The molecule has 7 heteroatoms. The SMILES string of the molecule is O=C(Nc1ncn[nH]1)c1ccc(CSc2ccc(Cl)cc2)cc1. The average Bonchev–Trinajstić information content (AvgIpc) is 3.08. The van der Waals surface area contributed by atoms with E-state index < -0.39 is 0 Å². The Bertz CT molecular complexity index is 773. The Morgan fingerprint density at radius 2 is 1.87 bits per heavy atom. The zero-order valence-electron chi connectivity index (χ0n) is 12.0. The lowest BCUT2D eigenvalue weighted by atomic mass is 10.1. The highest BCUT2D eigenvalue weighted by molar-refractivity contribution is 7.98. The van der Waals surface area contributed by atoms with Crippen LogP contribution < -0.4 is 5.32 Å². The van der Waals surface area contributed by atoms with Gasteiger partial charge in [0.1, 0.15) is 6.33 Å². The molecule has 23 heavy (non-hydrogen) atoms. The molecule has 0 aliphatic heterocycles. The van der Waals surface area contributed by atoms with Gasteiger partial charge >= 0.3 is 0 Å². The monoisotopic (exact) mass is 344 g/mol. The molecule has 1 heterocycles. The van der Waals surface area contributed by atoms with Gasteiger partial charge in [0.15, 0.2) is 0 Å². The number of nitrogens with one attached hydrogen (secondary N) is 2. The first-order valence-corrected chi connectivity index (χ1v) is 8.21. The molecule has 116 valence electrons. The van der Waals surface area contributed by atoms with Gasteiger partial charge in [0, 0.05) is 21.2 Å². The van der Waals surface area contributed by atoms with Crippen LogP contribution >= 0.6 is 23.4 Å². The number of amides is 1. The number of hydrogen-bond acceptors (Lipinski definition) is 4. The van der Waals surface area contributed by atoms with Gasteiger partial charge in [-0.15, -0.1) is 11.8 Å². The summed E-state index contributed by atoms with van der Waals surface area (Å²) in [5, 5.41) is 9.63. The molecule has 0 aliphatic rings. The number of hydrogen-bond donors (Lipinski definition) is 2. The number of carbonyl (C=O) groups is 1. The van der Waals surface area contributed by atoms with Crippen LogP contribution in [0.1, 0.15) is 15.9 Å². The molecule has 0 spiro atoms. The summed E-state index contributed by atoms with van der Waals surface area (Å²) in [7, 11) is 0. The molecule has 1 aromatic heterocycles. The van der Waals surface area contributed by atoms with Crippen LogP contribution in [0.5, 0.6) is 0 Å². The van der Waals surface area contributed by atoms with Crippen LogP contribution in [-0.4, -0.2) is 21.1 Å². The van der Waals surface area contributed by atoms with Crippen LogP contribution in [0, 0.1) is 0 Å². The van der Waals surface area contributed by atoms with E-state index in [9.17, 15) is 4.79 Å². The number of nitrogens with zero attached hydrogens (tertiary/aromatic N) is 2. The molecule has 5 nitrogen and oxygen atoms in total. The maximum absolute atomic E-state index is 12.0. The molecule has 3 rings (SSSR count). The number of rotatable bonds is 5. The molecule has 3 aromatic rings. The van der Waals surface area contributed by atoms with E-state index in [0.29, 0.717) is 11.5 Å². The molecule has 0 saturated heterocycles. The van der Waals surface area contributed by atoms with Gasteiger partial charge in [-0.1, -0.05) is 23.7 Å². The molecule has 0 atom stereocenters. The Morgan fingerprint density at radius 1 is 1.13 bits per heavy atom. The number of aromatic nitrogens is 3. The van der Waals surface area contributed by atoms with Crippen LogP contribution in [0.15, 0.2) is 59.8 Å². The lowest BCUT2D eigenvalue weighted by Crippen LogP contribution is -2.12. The summed E-state index contributed by atoms with van der Waals surface area (Å²) < 4.78 is 0. The molecular weight excluding hydrogens is 332 g/mol. The lowest BCUT2D eigenvalue weighted by Gasteiger charge is -2.05. The molecule has 1 amide bonds. The lowest BCUT2D eigenvalue weighted by molar-refractivity contribution is 0.102. The summed E-state index contributed by atoms with van der Waals surface area (Å²) in [6.45, 7) is 0. The summed E-state index contributed by atoms with van der Waals surface area (Å²) in [6.07, 6.45) is 1.34. The largest absolute Gasteiger partial charge is 0.291 e. The number of thioether (sulfide) groups is 1. The van der Waals surface area contributed by atoms with Crippen LogP contribution in [0.4, 0.5) is 5.95 Å². The fourth-order valence-electron chi connectivity index (χ4n) is 1.90. The van der Waals surface area contributed by atoms with E-state index in [1.165, 1.54) is 6.33 Å². The van der Waals surface area contributed by atoms with Crippen LogP contribution in [0.2, 0.25) is 5.02 Å². The van der Waals surface area contributed by atoms with Crippen molar-refractivity contribution < 1.29 is 4.79 Å². The van der Waals surface area contributed by atoms with Crippen molar-refractivity contribution in [3.63, 3.8) is 0 Å². The van der Waals surface area contributed by atoms with Gasteiger partial charge < -0.3 is 0 Å². The standard InChI is InChI=1S/C16H13ClN4OS/c17-13-5-7-14(8-6-13)23-9-11-1-3-12(4-2-11)15(22)20-16-18-10-19-21-16/h1-8,10H,9H2,(H2,18,19,20,21,22). The zero-order valence-corrected chi connectivity index (χ0v) is 13.6. The van der Waals surface area contributed by atoms with Crippen molar-refractivity contribution in [1.29, 1.82) is 0 Å². The van der Waals surface area contributed by atoms with E-state index in [0.717, 1.165) is 21.2 Å². The van der Waals surface area contributed by atoms with Gasteiger partial charge in [0.25, 0.3) is 5.91 Å². The van der Waals surface area contributed by atoms with Gasteiger partial charge in [-0.3, -0.25) is 10.1 Å². The second-order valence-corrected chi connectivity index (χ2v) is 6.21. The van der Waals surface area contributed by atoms with Crippen molar-refractivity contribution in [2.75, 3.05) is 5.32 Å². The molecule has 0 unspecified atom stereocenters. The summed E-state index contributed by atoms with van der Waals surface area (Å²) in [6, 6.07) is 15.2. The van der Waals surface area contributed by atoms with Crippen molar-refractivity contribution in [2.45, 2.75) is 10.6 Å². The van der Waals surface area contributed by atoms with Crippen LogP contribution in [-0.2, 0) is 5.75 Å². The van der Waals surface area contributed by atoms with Gasteiger partial charge in [-0.2, -0.15) is 10.1 Å². The van der Waals surface area contributed by atoms with Crippen molar-refractivity contribution in [2.24, 2.45) is 0 Å². The highest BCUT2D eigenvalue weighted by Gasteiger charge is 2.07. The summed E-state index contributed by atoms with van der Waals surface area (Å²) in [5.41, 5.74) is 1.71. The zero-order chi connectivity index (χ0) is 16.1. The molecule has 0 radical (unpaired) electrons. The molecule has 0 bridgehead atoms. The van der Waals surface area contributed by atoms with Gasteiger partial charge in [0.2, 0.25) is 5.95 Å². The third-order valence-electron chi connectivity index (χ3n) is 3.08. The molecule has 0 aliphatic carbocycles. The van der Waals surface area contributed by atoms with Crippen molar-refractivity contribution >= 4 is 35.2 Å². The first-order valence-electron chi connectivity index (χ1n) is 6.85. The third kappa shape index (κ3) is 4.34. The number of halogens is 1. The molecule has 0 fully saturated rings. The van der Waals surface area contributed by atoms with E-state index in [2.05, 4.69) is 20.5 Å². The predicted molar refractivity (Wildman–Crippen MR) is 91.8 cm³/mol. The second-order valence-electron chi connectivity index (χ2n) is 4.73. The van der Waals surface area contributed by atoms with Crippen LogP contribution in [0.25, 0.3) is 0 Å². The summed E-state index contributed by atoms with van der Waals surface area (Å²) in [4.78, 5) is 17.0. The molecular formula is C16H13ClN4OS. The van der Waals surface area contributed by atoms with E-state index in [1.54, 1.807) is 23.9 Å². The maximum atomic E-state index is 12.0. The van der Waals surface area contributed by atoms with Crippen molar-refractivity contribution in [3.8, 4) is 0 Å². The summed E-state index contributed by atoms with van der Waals surface area (Å²) in [5.74, 6) is 0.932. The second kappa shape index (κ2) is 7.30. The first kappa shape index (κ1) is 15.6. The Morgan fingerprint density at radius 3 is 2.52 bits per heavy atom. The van der Waals surface area contributed by atoms with Gasteiger partial charge in [-0.05, 0) is 42.0 Å². The fraction of sp³-hybridized carbons (Fsp3) is 0.0625. The molecule has 2 aromatic carbocycles. The van der Waals surface area contributed by atoms with E-state index in [4.69, 9.17) is 11.6 Å². The van der Waals surface area contributed by atoms with E-state index >= 15 is 0 Å². The van der Waals surface area contributed by atoms with Crippen molar-refractivity contribution in [3.05, 3.63) is 71.0 Å². The summed E-state index contributed by atoms with van der Waals surface area (Å²) >= 11 is 7.59. The number of carbonyl (C=O) groups excluding carboxylic acids is 1. The number of aromatic amines is 1. The minimum Gasteiger partial charge on any atom is -0.291 e. The molecule has 0 saturated carbocycles. The number of benzene rings is 2. The number of anilines is 1. The third-order valence-corrected chi connectivity index (χ3v) is 4.42. The fourth-order valence-corrected chi connectivity index (χ4v) is 2.88. The Hall–Kier alpha value is -2.31. The minimum absolute atomic E-state index is 0.223. The minimum atomic E-state index is -0.223. The predicted octanol–water partition coefficient (Wildman–Crippen LogP) is 4.00. The Balaban J connectivity index is 1.58.